The molecular formula is C29H33N3O4. The third kappa shape index (κ3) is 6.03. The molecule has 1 fully saturated rings. The molecule has 7 nitrogen and oxygen atoms in total. The van der Waals surface area contributed by atoms with E-state index in [1.165, 1.54) is 6.42 Å². The Kier molecular flexibility index (Phi) is 8.55. The van der Waals surface area contributed by atoms with E-state index in [1.54, 1.807) is 61.7 Å². The van der Waals surface area contributed by atoms with Crippen LogP contribution in [0.15, 0.2) is 72.9 Å². The van der Waals surface area contributed by atoms with Gasteiger partial charge in [-0.15, -0.1) is 0 Å². The number of ether oxygens (including phenoxy) is 2. The molecule has 1 aliphatic carbocycles. The lowest BCUT2D eigenvalue weighted by atomic mass is 9.94. The van der Waals surface area contributed by atoms with Crippen molar-refractivity contribution < 1.29 is 19.1 Å². The van der Waals surface area contributed by atoms with Crippen LogP contribution in [0.1, 0.15) is 59.8 Å². The van der Waals surface area contributed by atoms with Gasteiger partial charge in [-0.05, 0) is 42.7 Å². The summed E-state index contributed by atoms with van der Waals surface area (Å²) in [7, 11) is 3.13. The van der Waals surface area contributed by atoms with Crippen LogP contribution in [0.3, 0.4) is 0 Å². The summed E-state index contributed by atoms with van der Waals surface area (Å²) in [6.07, 6.45) is 6.81. The summed E-state index contributed by atoms with van der Waals surface area (Å²) in [5.41, 5.74) is 1.77. The van der Waals surface area contributed by atoms with Crippen LogP contribution >= 0.6 is 0 Å². The van der Waals surface area contributed by atoms with Gasteiger partial charge in [-0.2, -0.15) is 0 Å². The van der Waals surface area contributed by atoms with Gasteiger partial charge in [-0.3, -0.25) is 14.6 Å². The van der Waals surface area contributed by atoms with Crippen LogP contribution < -0.4 is 14.8 Å². The zero-order valence-corrected chi connectivity index (χ0v) is 20.9. The molecule has 0 radical (unpaired) electrons. The Balaban J connectivity index is 1.80. The van der Waals surface area contributed by atoms with Gasteiger partial charge in [-0.25, -0.2) is 0 Å². The maximum atomic E-state index is 14.0. The first-order valence-electron chi connectivity index (χ1n) is 12.4. The molecular weight excluding hydrogens is 454 g/mol. The Hall–Kier alpha value is -3.87. The SMILES string of the molecule is COc1ccc([C@@H](C(=O)NC2CCCCC2)N(Cc2ccccc2)C(=O)c2ccccn2)c(OC)c1. The summed E-state index contributed by atoms with van der Waals surface area (Å²) in [6, 6.07) is 19.3. The van der Waals surface area contributed by atoms with E-state index in [0.717, 1.165) is 31.2 Å². The van der Waals surface area contributed by atoms with Crippen LogP contribution in [0.25, 0.3) is 0 Å². The third-order valence-corrected chi connectivity index (χ3v) is 6.59. The van der Waals surface area contributed by atoms with Gasteiger partial charge in [0.15, 0.2) is 0 Å². The van der Waals surface area contributed by atoms with E-state index in [9.17, 15) is 9.59 Å². The summed E-state index contributed by atoms with van der Waals surface area (Å²) in [5, 5.41) is 3.23. The van der Waals surface area contributed by atoms with Gasteiger partial charge >= 0.3 is 0 Å². The van der Waals surface area contributed by atoms with Crippen molar-refractivity contribution in [2.24, 2.45) is 0 Å². The van der Waals surface area contributed by atoms with Crippen molar-refractivity contribution in [2.75, 3.05) is 14.2 Å². The molecule has 0 aliphatic heterocycles. The molecule has 3 aromatic rings. The molecule has 188 valence electrons. The number of nitrogens with one attached hydrogen (secondary N) is 1. The predicted molar refractivity (Wildman–Crippen MR) is 138 cm³/mol. The lowest BCUT2D eigenvalue weighted by Gasteiger charge is -2.34. The lowest BCUT2D eigenvalue weighted by molar-refractivity contribution is -0.127. The van der Waals surface area contributed by atoms with E-state index in [4.69, 9.17) is 9.47 Å². The Morgan fingerprint density at radius 3 is 2.39 bits per heavy atom. The van der Waals surface area contributed by atoms with Crippen LogP contribution in [0, 0.1) is 0 Å². The molecule has 1 atom stereocenters. The molecule has 7 heteroatoms. The summed E-state index contributed by atoms with van der Waals surface area (Å²) in [5.74, 6) is 0.518. The molecule has 1 heterocycles. The molecule has 36 heavy (non-hydrogen) atoms. The molecule has 0 spiro atoms. The average molecular weight is 488 g/mol. The van der Waals surface area contributed by atoms with Gasteiger partial charge in [0, 0.05) is 30.4 Å². The van der Waals surface area contributed by atoms with E-state index < -0.39 is 6.04 Å². The van der Waals surface area contributed by atoms with Crippen LogP contribution in [-0.2, 0) is 11.3 Å². The average Bonchev–Trinajstić information content (AvgIpc) is 2.94. The fraction of sp³-hybridized carbons (Fsp3) is 0.345. The normalized spacial score (nSPS) is 14.5. The largest absolute Gasteiger partial charge is 0.497 e. The van der Waals surface area contributed by atoms with Crippen LogP contribution in [-0.4, -0.2) is 42.0 Å². The van der Waals surface area contributed by atoms with E-state index in [-0.39, 0.29) is 30.1 Å². The summed E-state index contributed by atoms with van der Waals surface area (Å²) in [4.78, 5) is 33.8. The number of nitrogens with zero attached hydrogens (tertiary/aromatic N) is 2. The Bertz CT molecular complexity index is 1150. The zero-order chi connectivity index (χ0) is 25.3. The molecule has 0 saturated heterocycles. The van der Waals surface area contributed by atoms with Crippen molar-refractivity contribution in [3.05, 3.63) is 89.7 Å². The van der Waals surface area contributed by atoms with Crippen LogP contribution in [0.5, 0.6) is 11.5 Å². The number of methoxy groups -OCH3 is 2. The Morgan fingerprint density at radius 1 is 0.972 bits per heavy atom. The van der Waals surface area contributed by atoms with Gasteiger partial charge in [-0.1, -0.05) is 55.7 Å². The summed E-state index contributed by atoms with van der Waals surface area (Å²) >= 11 is 0. The first-order chi connectivity index (χ1) is 17.6. The topological polar surface area (TPSA) is 80.8 Å². The van der Waals surface area contributed by atoms with Crippen molar-refractivity contribution in [3.63, 3.8) is 0 Å². The summed E-state index contributed by atoms with van der Waals surface area (Å²) < 4.78 is 11.1. The van der Waals surface area contributed by atoms with E-state index >= 15 is 0 Å². The molecule has 1 aliphatic rings. The highest BCUT2D eigenvalue weighted by molar-refractivity contribution is 5.97. The Labute approximate surface area is 212 Å². The molecule has 0 unspecified atom stereocenters. The first-order valence-corrected chi connectivity index (χ1v) is 12.4. The number of aromatic nitrogens is 1. The van der Waals surface area contributed by atoms with E-state index in [2.05, 4.69) is 10.3 Å². The number of amides is 2. The predicted octanol–water partition coefficient (Wildman–Crippen LogP) is 4.93. The lowest BCUT2D eigenvalue weighted by Crippen LogP contribution is -2.47. The van der Waals surface area contributed by atoms with Gasteiger partial charge in [0.2, 0.25) is 5.91 Å². The van der Waals surface area contributed by atoms with E-state index in [1.807, 2.05) is 30.3 Å². The second-order valence-corrected chi connectivity index (χ2v) is 8.99. The molecule has 1 N–H and O–H groups in total. The number of benzene rings is 2. The number of hydrogen-bond acceptors (Lipinski definition) is 5. The molecule has 2 aromatic carbocycles. The molecule has 4 rings (SSSR count). The monoisotopic (exact) mass is 487 g/mol. The van der Waals surface area contributed by atoms with Crippen molar-refractivity contribution in [3.8, 4) is 11.5 Å². The van der Waals surface area contributed by atoms with Crippen molar-refractivity contribution in [2.45, 2.75) is 50.7 Å². The van der Waals surface area contributed by atoms with Crippen molar-refractivity contribution in [1.82, 2.24) is 15.2 Å². The fourth-order valence-corrected chi connectivity index (χ4v) is 4.72. The minimum Gasteiger partial charge on any atom is -0.497 e. The van der Waals surface area contributed by atoms with Gasteiger partial charge in [0.05, 0.1) is 14.2 Å². The number of rotatable bonds is 9. The minimum absolute atomic E-state index is 0.0847. The maximum absolute atomic E-state index is 14.0. The maximum Gasteiger partial charge on any atom is 0.273 e. The highest BCUT2D eigenvalue weighted by Gasteiger charge is 2.36. The smallest absolute Gasteiger partial charge is 0.273 e. The molecule has 2 amide bonds. The number of hydrogen-bond donors (Lipinski definition) is 1. The van der Waals surface area contributed by atoms with Gasteiger partial charge in [0.1, 0.15) is 23.2 Å². The molecule has 0 bridgehead atoms. The first kappa shape index (κ1) is 25.2. The van der Waals surface area contributed by atoms with Crippen molar-refractivity contribution in [1.29, 1.82) is 0 Å². The molecule has 1 aromatic heterocycles. The molecule has 1 saturated carbocycles. The van der Waals surface area contributed by atoms with Crippen LogP contribution in [0.4, 0.5) is 0 Å². The second-order valence-electron chi connectivity index (χ2n) is 8.99. The standard InChI is InChI=1S/C29H33N3O4/c1-35-23-16-17-24(26(19-23)36-2)27(28(33)31-22-13-7-4-8-14-22)32(20-21-11-5-3-6-12-21)29(34)25-15-9-10-18-30-25/h3,5-6,9-12,15-19,22,27H,4,7-8,13-14,20H2,1-2H3,(H,31,33)/t27-/m0/s1. The quantitative estimate of drug-likeness (QED) is 0.463. The number of carbonyl (C=O) groups is 2. The summed E-state index contributed by atoms with van der Waals surface area (Å²) in [6.45, 7) is 0.230. The van der Waals surface area contributed by atoms with Crippen LogP contribution in [0.2, 0.25) is 0 Å². The highest BCUT2D eigenvalue weighted by atomic mass is 16.5. The third-order valence-electron chi connectivity index (χ3n) is 6.59. The van der Waals surface area contributed by atoms with Crippen molar-refractivity contribution >= 4 is 11.8 Å². The minimum atomic E-state index is -0.928. The number of pyridine rings is 1. The zero-order valence-electron chi connectivity index (χ0n) is 20.9. The number of carbonyl (C=O) groups excluding carboxylic acids is 2. The van der Waals surface area contributed by atoms with Gasteiger partial charge < -0.3 is 19.7 Å². The fourth-order valence-electron chi connectivity index (χ4n) is 4.72. The highest BCUT2D eigenvalue weighted by Crippen LogP contribution is 2.35. The van der Waals surface area contributed by atoms with Gasteiger partial charge in [0.25, 0.3) is 5.91 Å². The van der Waals surface area contributed by atoms with E-state index in [0.29, 0.717) is 17.1 Å². The Morgan fingerprint density at radius 2 is 1.72 bits per heavy atom. The second kappa shape index (κ2) is 12.2.